The molecule has 1 fully saturated rings. The number of carboxylic acids is 1. The highest BCUT2D eigenvalue weighted by Gasteiger charge is 2.33. The van der Waals surface area contributed by atoms with Crippen LogP contribution < -0.4 is 10.6 Å². The molecule has 0 spiro atoms. The quantitative estimate of drug-likeness (QED) is 0.781. The van der Waals surface area contributed by atoms with Gasteiger partial charge in [-0.05, 0) is 13.3 Å². The lowest BCUT2D eigenvalue weighted by Gasteiger charge is -2.35. The van der Waals surface area contributed by atoms with Gasteiger partial charge in [0.25, 0.3) is 0 Å². The average Bonchev–Trinajstić information content (AvgIpc) is 2.32. The number of aromatic nitrogens is 2. The van der Waals surface area contributed by atoms with E-state index in [1.165, 1.54) is 6.33 Å². The second-order valence-electron chi connectivity index (χ2n) is 4.44. The van der Waals surface area contributed by atoms with E-state index < -0.39 is 23.7 Å². The normalized spacial score (nSPS) is 24.1. The molecule has 2 rings (SSSR count). The Kier molecular flexibility index (Phi) is 3.42. The molecule has 7 heteroatoms. The average molecular weight is 254 g/mol. The van der Waals surface area contributed by atoms with Crippen molar-refractivity contribution < 1.29 is 14.3 Å². The monoisotopic (exact) mass is 254 g/mol. The topological polar surface area (TPSA) is 92.3 Å². The van der Waals surface area contributed by atoms with Crippen molar-refractivity contribution in [2.75, 3.05) is 18.0 Å². The first-order valence-electron chi connectivity index (χ1n) is 5.71. The fourth-order valence-electron chi connectivity index (χ4n) is 2.15. The molecule has 1 aromatic heterocycles. The number of aryl methyl sites for hydroxylation is 1. The Labute approximate surface area is 104 Å². The fraction of sp³-hybridized carbons (Fsp3) is 0.545. The molecule has 0 radical (unpaired) electrons. The third kappa shape index (κ3) is 2.26. The number of halogens is 1. The summed E-state index contributed by atoms with van der Waals surface area (Å²) < 4.78 is 13.8. The van der Waals surface area contributed by atoms with Gasteiger partial charge in [-0.2, -0.15) is 0 Å². The molecule has 0 aromatic carbocycles. The van der Waals surface area contributed by atoms with E-state index in [4.69, 9.17) is 10.8 Å². The summed E-state index contributed by atoms with van der Waals surface area (Å²) in [5.41, 5.74) is 6.08. The summed E-state index contributed by atoms with van der Waals surface area (Å²) in [4.78, 5) is 20.3. The van der Waals surface area contributed by atoms with Gasteiger partial charge in [0.2, 0.25) is 0 Å². The van der Waals surface area contributed by atoms with Gasteiger partial charge in [-0.25, -0.2) is 14.4 Å². The van der Waals surface area contributed by atoms with Crippen molar-refractivity contribution in [3.05, 3.63) is 17.8 Å². The number of anilines is 1. The lowest BCUT2D eigenvalue weighted by Crippen LogP contribution is -2.51. The van der Waals surface area contributed by atoms with E-state index in [1.54, 1.807) is 11.8 Å². The standard InChI is InChI=1S/C11H15FN4O2/c1-6-9(12)10(15-5-14-6)16-3-2-7(11(17)18)8(13)4-16/h5,7-8H,2-4,13H2,1H3,(H,17,18). The number of carboxylic acid groups (broad SMARTS) is 1. The Balaban J connectivity index is 2.17. The van der Waals surface area contributed by atoms with Crippen LogP contribution in [0, 0.1) is 18.7 Å². The third-order valence-corrected chi connectivity index (χ3v) is 3.22. The highest BCUT2D eigenvalue weighted by atomic mass is 19.1. The second kappa shape index (κ2) is 4.85. The van der Waals surface area contributed by atoms with Crippen molar-refractivity contribution in [2.24, 2.45) is 11.7 Å². The Hall–Kier alpha value is -1.76. The molecular formula is C11H15FN4O2. The van der Waals surface area contributed by atoms with Crippen LogP contribution in [0.2, 0.25) is 0 Å². The first-order valence-corrected chi connectivity index (χ1v) is 5.71. The molecule has 1 aliphatic heterocycles. The molecule has 1 aliphatic rings. The van der Waals surface area contributed by atoms with Gasteiger partial charge in [0.15, 0.2) is 11.6 Å². The number of aliphatic carboxylic acids is 1. The zero-order valence-corrected chi connectivity index (χ0v) is 10.0. The van der Waals surface area contributed by atoms with Crippen molar-refractivity contribution in [2.45, 2.75) is 19.4 Å². The molecule has 18 heavy (non-hydrogen) atoms. The maximum atomic E-state index is 13.8. The van der Waals surface area contributed by atoms with E-state index in [-0.39, 0.29) is 18.1 Å². The summed E-state index contributed by atoms with van der Waals surface area (Å²) in [5.74, 6) is -1.76. The molecule has 1 saturated heterocycles. The predicted octanol–water partition coefficient (Wildman–Crippen LogP) is 0.162. The van der Waals surface area contributed by atoms with Crippen molar-refractivity contribution in [1.82, 2.24) is 9.97 Å². The van der Waals surface area contributed by atoms with E-state index >= 15 is 0 Å². The minimum atomic E-state index is -0.901. The molecule has 0 saturated carbocycles. The molecule has 0 bridgehead atoms. The van der Waals surface area contributed by atoms with Gasteiger partial charge >= 0.3 is 5.97 Å². The van der Waals surface area contributed by atoms with Gasteiger partial charge in [-0.1, -0.05) is 0 Å². The number of hydrogen-bond acceptors (Lipinski definition) is 5. The van der Waals surface area contributed by atoms with Crippen molar-refractivity contribution in [3.63, 3.8) is 0 Å². The highest BCUT2D eigenvalue weighted by molar-refractivity contribution is 5.71. The van der Waals surface area contributed by atoms with Crippen LogP contribution in [-0.4, -0.2) is 40.2 Å². The molecule has 2 heterocycles. The largest absolute Gasteiger partial charge is 0.481 e. The van der Waals surface area contributed by atoms with Gasteiger partial charge in [-0.3, -0.25) is 4.79 Å². The number of nitrogens with two attached hydrogens (primary N) is 1. The van der Waals surface area contributed by atoms with Crippen molar-refractivity contribution in [3.8, 4) is 0 Å². The number of rotatable bonds is 2. The van der Waals surface area contributed by atoms with Crippen LogP contribution in [0.15, 0.2) is 6.33 Å². The summed E-state index contributed by atoms with van der Waals surface area (Å²) in [6.45, 7) is 2.27. The zero-order valence-electron chi connectivity index (χ0n) is 10.0. The van der Waals surface area contributed by atoms with Gasteiger partial charge in [0.05, 0.1) is 11.6 Å². The van der Waals surface area contributed by atoms with Crippen LogP contribution in [0.25, 0.3) is 0 Å². The summed E-state index contributed by atoms with van der Waals surface area (Å²) in [7, 11) is 0. The number of nitrogens with zero attached hydrogens (tertiary/aromatic N) is 3. The Morgan fingerprint density at radius 3 is 2.94 bits per heavy atom. The van der Waals surface area contributed by atoms with Crippen LogP contribution in [0.3, 0.4) is 0 Å². The first kappa shape index (κ1) is 12.7. The Morgan fingerprint density at radius 2 is 2.33 bits per heavy atom. The Morgan fingerprint density at radius 1 is 1.61 bits per heavy atom. The summed E-state index contributed by atoms with van der Waals surface area (Å²) in [5, 5.41) is 8.97. The van der Waals surface area contributed by atoms with Crippen molar-refractivity contribution >= 4 is 11.8 Å². The SMILES string of the molecule is Cc1ncnc(N2CCC(C(=O)O)C(N)C2)c1F. The lowest BCUT2D eigenvalue weighted by atomic mass is 9.92. The summed E-state index contributed by atoms with van der Waals surface area (Å²) in [6, 6.07) is -0.522. The minimum Gasteiger partial charge on any atom is -0.481 e. The number of piperidine rings is 1. The molecule has 1 aromatic rings. The maximum Gasteiger partial charge on any atom is 0.308 e. The molecule has 3 N–H and O–H groups in total. The van der Waals surface area contributed by atoms with Crippen LogP contribution in [-0.2, 0) is 4.79 Å². The third-order valence-electron chi connectivity index (χ3n) is 3.22. The summed E-state index contributed by atoms with van der Waals surface area (Å²) >= 11 is 0. The van der Waals surface area contributed by atoms with E-state index in [2.05, 4.69) is 9.97 Å². The minimum absolute atomic E-state index is 0.196. The fourth-order valence-corrected chi connectivity index (χ4v) is 2.15. The van der Waals surface area contributed by atoms with E-state index in [9.17, 15) is 9.18 Å². The van der Waals surface area contributed by atoms with Crippen LogP contribution in [0.4, 0.5) is 10.2 Å². The lowest BCUT2D eigenvalue weighted by molar-refractivity contribution is -0.142. The molecule has 6 nitrogen and oxygen atoms in total. The maximum absolute atomic E-state index is 13.8. The van der Waals surface area contributed by atoms with Gasteiger partial charge < -0.3 is 15.7 Å². The van der Waals surface area contributed by atoms with Crippen LogP contribution >= 0.6 is 0 Å². The van der Waals surface area contributed by atoms with Crippen molar-refractivity contribution in [1.29, 1.82) is 0 Å². The van der Waals surface area contributed by atoms with E-state index in [1.807, 2.05) is 0 Å². The molecule has 2 unspecified atom stereocenters. The van der Waals surface area contributed by atoms with Crippen LogP contribution in [0.5, 0.6) is 0 Å². The number of carbonyl (C=O) groups is 1. The molecule has 0 aliphatic carbocycles. The Bertz CT molecular complexity index is 468. The predicted molar refractivity (Wildman–Crippen MR) is 62.7 cm³/mol. The van der Waals surface area contributed by atoms with E-state index in [0.717, 1.165) is 0 Å². The highest BCUT2D eigenvalue weighted by Crippen LogP contribution is 2.24. The van der Waals surface area contributed by atoms with Gasteiger partial charge in [-0.15, -0.1) is 0 Å². The second-order valence-corrected chi connectivity index (χ2v) is 4.44. The van der Waals surface area contributed by atoms with Gasteiger partial charge in [0, 0.05) is 19.1 Å². The molecular weight excluding hydrogens is 239 g/mol. The molecule has 2 atom stereocenters. The van der Waals surface area contributed by atoms with Crippen LogP contribution in [0.1, 0.15) is 12.1 Å². The zero-order chi connectivity index (χ0) is 13.3. The van der Waals surface area contributed by atoms with Gasteiger partial charge in [0.1, 0.15) is 6.33 Å². The first-order chi connectivity index (χ1) is 8.50. The molecule has 0 amide bonds. The summed E-state index contributed by atoms with van der Waals surface area (Å²) in [6.07, 6.45) is 1.68. The molecule has 98 valence electrons. The smallest absolute Gasteiger partial charge is 0.308 e. The van der Waals surface area contributed by atoms with E-state index in [0.29, 0.717) is 13.0 Å². The number of hydrogen-bond donors (Lipinski definition) is 2.